The second kappa shape index (κ2) is 9.25. The third-order valence-corrected chi connectivity index (χ3v) is 3.40. The first kappa shape index (κ1) is 16.4. The molecule has 0 bridgehead atoms. The summed E-state index contributed by atoms with van der Waals surface area (Å²) < 4.78 is 20.5. The summed E-state index contributed by atoms with van der Waals surface area (Å²) in [6.07, 6.45) is 2.74. The Hall–Kier alpha value is -0.690. The van der Waals surface area contributed by atoms with Crippen molar-refractivity contribution in [2.75, 3.05) is 53.3 Å². The minimum absolute atomic E-state index is 0.179. The van der Waals surface area contributed by atoms with Crippen molar-refractivity contribution in [3.05, 3.63) is 0 Å². The zero-order valence-electron chi connectivity index (χ0n) is 11.7. The minimum atomic E-state index is -0.413. The Labute approximate surface area is 114 Å². The van der Waals surface area contributed by atoms with Crippen LogP contribution < -0.4 is 5.73 Å². The van der Waals surface area contributed by atoms with Gasteiger partial charge in [0.1, 0.15) is 6.61 Å². The van der Waals surface area contributed by atoms with Crippen LogP contribution in [0.2, 0.25) is 0 Å². The van der Waals surface area contributed by atoms with Gasteiger partial charge < -0.3 is 24.7 Å². The third-order valence-electron chi connectivity index (χ3n) is 3.40. The van der Waals surface area contributed by atoms with Crippen LogP contribution in [-0.2, 0) is 23.7 Å². The number of hydrogen-bond donors (Lipinski definition) is 1. The maximum atomic E-state index is 11.8. The molecule has 0 amide bonds. The highest BCUT2D eigenvalue weighted by atomic mass is 16.6. The molecule has 6 heteroatoms. The first-order valence-electron chi connectivity index (χ1n) is 6.77. The fraction of sp³-hybridized carbons (Fsp3) is 0.923. The van der Waals surface area contributed by atoms with Crippen molar-refractivity contribution in [3.63, 3.8) is 0 Å². The zero-order chi connectivity index (χ0) is 14.0. The van der Waals surface area contributed by atoms with E-state index in [1.54, 1.807) is 7.11 Å². The van der Waals surface area contributed by atoms with Crippen LogP contribution in [0.5, 0.6) is 0 Å². The van der Waals surface area contributed by atoms with Crippen molar-refractivity contribution in [3.8, 4) is 0 Å². The van der Waals surface area contributed by atoms with E-state index in [0.29, 0.717) is 39.6 Å². The zero-order valence-corrected chi connectivity index (χ0v) is 11.7. The van der Waals surface area contributed by atoms with E-state index in [9.17, 15) is 4.79 Å². The molecule has 0 heterocycles. The van der Waals surface area contributed by atoms with Crippen LogP contribution in [0.25, 0.3) is 0 Å². The van der Waals surface area contributed by atoms with E-state index in [-0.39, 0.29) is 12.6 Å². The highest BCUT2D eigenvalue weighted by Gasteiger charge is 2.44. The van der Waals surface area contributed by atoms with Crippen LogP contribution in [-0.4, -0.2) is 59.3 Å². The molecule has 0 aliphatic heterocycles. The van der Waals surface area contributed by atoms with E-state index in [0.717, 1.165) is 19.3 Å². The van der Waals surface area contributed by atoms with E-state index in [1.807, 2.05) is 0 Å². The van der Waals surface area contributed by atoms with E-state index in [2.05, 4.69) is 0 Å². The molecule has 0 aromatic rings. The number of carbonyl (C=O) groups excluding carboxylic acids is 1. The normalized spacial score (nSPS) is 16.9. The molecule has 1 fully saturated rings. The molecule has 19 heavy (non-hydrogen) atoms. The lowest BCUT2D eigenvalue weighted by Gasteiger charge is -2.37. The smallest absolute Gasteiger partial charge is 0.313 e. The fourth-order valence-electron chi connectivity index (χ4n) is 1.91. The van der Waals surface area contributed by atoms with E-state index in [1.165, 1.54) is 0 Å². The number of methoxy groups -OCH3 is 1. The molecule has 1 aliphatic carbocycles. The molecule has 112 valence electrons. The topological polar surface area (TPSA) is 80.0 Å². The van der Waals surface area contributed by atoms with Crippen molar-refractivity contribution in [1.82, 2.24) is 0 Å². The van der Waals surface area contributed by atoms with Gasteiger partial charge in [0.05, 0.1) is 38.4 Å². The van der Waals surface area contributed by atoms with Gasteiger partial charge >= 0.3 is 5.97 Å². The van der Waals surface area contributed by atoms with Gasteiger partial charge in [0.25, 0.3) is 0 Å². The second-order valence-electron chi connectivity index (χ2n) is 4.69. The van der Waals surface area contributed by atoms with Crippen LogP contribution >= 0.6 is 0 Å². The number of esters is 1. The Morgan fingerprint density at radius 3 is 2.11 bits per heavy atom. The summed E-state index contributed by atoms with van der Waals surface area (Å²) in [5.41, 5.74) is 5.21. The largest absolute Gasteiger partial charge is 0.463 e. The van der Waals surface area contributed by atoms with Crippen molar-refractivity contribution < 1.29 is 23.7 Å². The fourth-order valence-corrected chi connectivity index (χ4v) is 1.91. The van der Waals surface area contributed by atoms with Gasteiger partial charge in [-0.3, -0.25) is 4.79 Å². The van der Waals surface area contributed by atoms with Crippen LogP contribution in [0.1, 0.15) is 19.3 Å². The molecule has 0 aromatic carbocycles. The predicted octanol–water partition coefficient (Wildman–Crippen LogP) is 0.338. The number of ether oxygens (including phenoxy) is 4. The molecular formula is C13H25NO5. The van der Waals surface area contributed by atoms with Gasteiger partial charge in [0.15, 0.2) is 0 Å². The van der Waals surface area contributed by atoms with Gasteiger partial charge in [-0.05, 0) is 12.8 Å². The summed E-state index contributed by atoms with van der Waals surface area (Å²) in [6, 6.07) is 0. The monoisotopic (exact) mass is 275 g/mol. The molecule has 2 N–H and O–H groups in total. The van der Waals surface area contributed by atoms with Crippen LogP contribution in [0, 0.1) is 5.41 Å². The molecule has 0 unspecified atom stereocenters. The van der Waals surface area contributed by atoms with Crippen LogP contribution in [0.15, 0.2) is 0 Å². The molecule has 0 radical (unpaired) electrons. The predicted molar refractivity (Wildman–Crippen MR) is 69.8 cm³/mol. The molecule has 1 rings (SSSR count). The highest BCUT2D eigenvalue weighted by molar-refractivity contribution is 5.78. The minimum Gasteiger partial charge on any atom is -0.463 e. The summed E-state index contributed by atoms with van der Waals surface area (Å²) in [5.74, 6) is -0.179. The van der Waals surface area contributed by atoms with E-state index in [4.69, 9.17) is 24.7 Å². The third kappa shape index (κ3) is 5.44. The molecule has 1 aliphatic rings. The van der Waals surface area contributed by atoms with Crippen molar-refractivity contribution >= 4 is 5.97 Å². The molecule has 0 atom stereocenters. The van der Waals surface area contributed by atoms with Gasteiger partial charge in [-0.15, -0.1) is 0 Å². The SMILES string of the molecule is COCCOCCOCCOC(=O)C1(CN)CCC1. The summed E-state index contributed by atoms with van der Waals surface area (Å²) in [7, 11) is 1.63. The lowest BCUT2D eigenvalue weighted by molar-refractivity contribution is -0.162. The molecule has 1 saturated carbocycles. The van der Waals surface area contributed by atoms with Crippen molar-refractivity contribution in [2.24, 2.45) is 11.1 Å². The average molecular weight is 275 g/mol. The maximum Gasteiger partial charge on any atom is 0.313 e. The lowest BCUT2D eigenvalue weighted by Crippen LogP contribution is -2.45. The highest BCUT2D eigenvalue weighted by Crippen LogP contribution is 2.40. The Bertz CT molecular complexity index is 250. The van der Waals surface area contributed by atoms with Crippen molar-refractivity contribution in [2.45, 2.75) is 19.3 Å². The van der Waals surface area contributed by atoms with Crippen molar-refractivity contribution in [1.29, 1.82) is 0 Å². The van der Waals surface area contributed by atoms with Gasteiger partial charge in [-0.1, -0.05) is 6.42 Å². The van der Waals surface area contributed by atoms with Crippen LogP contribution in [0.3, 0.4) is 0 Å². The number of hydrogen-bond acceptors (Lipinski definition) is 6. The number of carbonyl (C=O) groups is 1. The Balaban J connectivity index is 1.92. The molecule has 0 aromatic heterocycles. The quantitative estimate of drug-likeness (QED) is 0.432. The summed E-state index contributed by atoms with van der Waals surface area (Å²) in [6.45, 7) is 3.19. The summed E-state index contributed by atoms with van der Waals surface area (Å²) in [5, 5.41) is 0. The summed E-state index contributed by atoms with van der Waals surface area (Å²) >= 11 is 0. The van der Waals surface area contributed by atoms with Crippen LogP contribution in [0.4, 0.5) is 0 Å². The van der Waals surface area contributed by atoms with E-state index >= 15 is 0 Å². The molecule has 0 spiro atoms. The first-order chi connectivity index (χ1) is 9.25. The Morgan fingerprint density at radius 2 is 1.63 bits per heavy atom. The Morgan fingerprint density at radius 1 is 1.05 bits per heavy atom. The molecule has 6 nitrogen and oxygen atoms in total. The van der Waals surface area contributed by atoms with Gasteiger partial charge in [0, 0.05) is 13.7 Å². The van der Waals surface area contributed by atoms with E-state index < -0.39 is 5.41 Å². The maximum absolute atomic E-state index is 11.8. The number of rotatable bonds is 11. The van der Waals surface area contributed by atoms with Gasteiger partial charge in [-0.2, -0.15) is 0 Å². The molecular weight excluding hydrogens is 250 g/mol. The van der Waals surface area contributed by atoms with Gasteiger partial charge in [-0.25, -0.2) is 0 Å². The Kier molecular flexibility index (Phi) is 7.97. The van der Waals surface area contributed by atoms with Gasteiger partial charge in [0.2, 0.25) is 0 Å². The number of nitrogens with two attached hydrogens (primary N) is 1. The standard InChI is InChI=1S/C13H25NO5/c1-16-5-6-17-7-8-18-9-10-19-12(15)13(11-14)3-2-4-13/h2-11,14H2,1H3. The first-order valence-corrected chi connectivity index (χ1v) is 6.77. The lowest BCUT2D eigenvalue weighted by atomic mass is 9.69. The molecule has 0 saturated heterocycles. The summed E-state index contributed by atoms with van der Waals surface area (Å²) in [4.78, 5) is 11.8. The second-order valence-corrected chi connectivity index (χ2v) is 4.69. The average Bonchev–Trinajstić information content (AvgIpc) is 2.36.